The lowest BCUT2D eigenvalue weighted by Crippen LogP contribution is -2.34. The Balaban J connectivity index is 2.50. The van der Waals surface area contributed by atoms with Gasteiger partial charge in [-0.1, -0.05) is 6.07 Å². The molecule has 0 amide bonds. The van der Waals surface area contributed by atoms with Crippen molar-refractivity contribution in [3.8, 4) is 0 Å². The largest absolute Gasteiger partial charge is 0.382 e. The average molecular weight is 200 g/mol. The molecule has 0 unspecified atom stereocenters. The van der Waals surface area contributed by atoms with Gasteiger partial charge in [0.25, 0.3) is 0 Å². The van der Waals surface area contributed by atoms with Crippen molar-refractivity contribution in [1.82, 2.24) is 0 Å². The molecule has 3 heteroatoms. The Kier molecular flexibility index (Phi) is 1.31. The molecule has 0 atom stereocenters. The minimum Gasteiger partial charge on any atom is -0.382 e. The van der Waals surface area contributed by atoms with Crippen LogP contribution in [0.15, 0.2) is 17.5 Å². The van der Waals surface area contributed by atoms with E-state index in [2.05, 4.69) is 0 Å². The van der Waals surface area contributed by atoms with Gasteiger partial charge in [0.2, 0.25) is 5.78 Å². The van der Waals surface area contributed by atoms with Crippen LogP contribution in [0.5, 0.6) is 0 Å². The van der Waals surface area contributed by atoms with E-state index in [0.29, 0.717) is 0 Å². The summed E-state index contributed by atoms with van der Waals surface area (Å²) in [5, 5.41) is 11.9. The first-order chi connectivity index (χ1) is 7.72. The molecule has 1 saturated carbocycles. The fourth-order valence-corrected chi connectivity index (χ4v) is 2.01. The van der Waals surface area contributed by atoms with Crippen molar-refractivity contribution in [2.24, 2.45) is 0 Å². The Morgan fingerprint density at radius 1 is 1.62 bits per heavy atom. The quantitative estimate of drug-likeness (QED) is 0.743. The Morgan fingerprint density at radius 3 is 2.85 bits per heavy atom. The van der Waals surface area contributed by atoms with E-state index in [-0.39, 0.29) is 17.7 Å². The number of aliphatic hydroxyl groups is 1. The molecular weight excluding hydrogens is 184 g/mol. The molecule has 1 aromatic rings. The summed E-state index contributed by atoms with van der Waals surface area (Å²) >= 11 is 1.08. The van der Waals surface area contributed by atoms with Crippen LogP contribution in [0.2, 0.25) is 0 Å². The Labute approximate surface area is 86.8 Å². The average Bonchev–Trinajstić information content (AvgIpc) is 2.81. The maximum absolute atomic E-state index is 12.1. The molecule has 0 aromatic carbocycles. The van der Waals surface area contributed by atoms with Gasteiger partial charge in [0.15, 0.2) is 0 Å². The molecule has 1 heterocycles. The molecule has 13 heavy (non-hydrogen) atoms. The molecule has 0 aliphatic heterocycles. The monoisotopic (exact) mass is 200 g/mol. The zero-order valence-corrected chi connectivity index (χ0v) is 7.73. The van der Waals surface area contributed by atoms with E-state index >= 15 is 0 Å². The molecule has 2 rings (SSSR count). The summed E-state index contributed by atoms with van der Waals surface area (Å²) in [7, 11) is 0. The molecule has 1 fully saturated rings. The molecule has 1 aliphatic carbocycles. The minimum atomic E-state index is -2.59. The number of hydrogen-bond donors (Lipinski definition) is 1. The van der Waals surface area contributed by atoms with Crippen molar-refractivity contribution < 1.29 is 15.4 Å². The SMILES string of the molecule is [2H]C1([2H])CCC([2H])([2H])C1(O)C(=O)c1cccs1. The van der Waals surface area contributed by atoms with Gasteiger partial charge in [-0.25, -0.2) is 0 Å². The highest BCUT2D eigenvalue weighted by molar-refractivity contribution is 7.12. The number of hydrogen-bond acceptors (Lipinski definition) is 3. The van der Waals surface area contributed by atoms with Crippen LogP contribution in [-0.4, -0.2) is 16.5 Å². The molecule has 0 radical (unpaired) electrons. The fourth-order valence-electron chi connectivity index (χ4n) is 1.30. The maximum atomic E-state index is 12.1. The first kappa shape index (κ1) is 5.27. The van der Waals surface area contributed by atoms with Gasteiger partial charge >= 0.3 is 0 Å². The van der Waals surface area contributed by atoms with Crippen molar-refractivity contribution in [2.75, 3.05) is 0 Å². The van der Waals surface area contributed by atoms with E-state index in [4.69, 9.17) is 5.48 Å². The summed E-state index contributed by atoms with van der Waals surface area (Å²) in [5.41, 5.74) is -2.59. The predicted octanol–water partition coefficient (Wildman–Crippen LogP) is 2.24. The van der Waals surface area contributed by atoms with Crippen LogP contribution >= 0.6 is 11.3 Å². The molecule has 1 aliphatic rings. The number of rotatable bonds is 2. The number of carbonyl (C=O) groups excluding carboxylic acids is 1. The van der Waals surface area contributed by atoms with Gasteiger partial charge < -0.3 is 5.11 Å². The van der Waals surface area contributed by atoms with E-state index < -0.39 is 24.1 Å². The smallest absolute Gasteiger partial charge is 0.204 e. The van der Waals surface area contributed by atoms with Crippen molar-refractivity contribution in [3.63, 3.8) is 0 Å². The van der Waals surface area contributed by atoms with E-state index in [1.54, 1.807) is 11.4 Å². The van der Waals surface area contributed by atoms with Crippen LogP contribution in [0, 0.1) is 0 Å². The molecule has 1 aromatic heterocycles. The second kappa shape index (κ2) is 3.24. The topological polar surface area (TPSA) is 37.3 Å². The highest BCUT2D eigenvalue weighted by atomic mass is 32.1. The van der Waals surface area contributed by atoms with Crippen molar-refractivity contribution in [2.45, 2.75) is 31.2 Å². The second-order valence-corrected chi connectivity index (χ2v) is 3.82. The van der Waals surface area contributed by atoms with Gasteiger partial charge in [-0.2, -0.15) is 0 Å². The first-order valence-electron chi connectivity index (χ1n) is 6.03. The summed E-state index contributed by atoms with van der Waals surface area (Å²) in [6.07, 6.45) is -4.80. The lowest BCUT2D eigenvalue weighted by atomic mass is 9.96. The Morgan fingerprint density at radius 2 is 2.31 bits per heavy atom. The van der Waals surface area contributed by atoms with E-state index in [1.165, 1.54) is 6.07 Å². The second-order valence-electron chi connectivity index (χ2n) is 2.87. The van der Waals surface area contributed by atoms with Crippen molar-refractivity contribution in [1.29, 1.82) is 0 Å². The van der Waals surface area contributed by atoms with Gasteiger partial charge in [0.1, 0.15) is 5.60 Å². The van der Waals surface area contributed by atoms with Crippen molar-refractivity contribution in [3.05, 3.63) is 22.4 Å². The highest BCUT2D eigenvalue weighted by Gasteiger charge is 2.39. The number of Topliss-reactive ketones (excluding diaryl/α,β-unsaturated/α-hetero) is 1. The summed E-state index contributed by atoms with van der Waals surface area (Å²) in [4.78, 5) is 12.3. The summed E-state index contributed by atoms with van der Waals surface area (Å²) in [5.74, 6) is -0.861. The van der Waals surface area contributed by atoms with Crippen LogP contribution in [0.4, 0.5) is 0 Å². The first-order valence-corrected chi connectivity index (χ1v) is 4.91. The highest BCUT2D eigenvalue weighted by Crippen LogP contribution is 2.33. The third-order valence-electron chi connectivity index (χ3n) is 1.96. The molecule has 0 bridgehead atoms. The number of carbonyl (C=O) groups is 1. The lowest BCUT2D eigenvalue weighted by Gasteiger charge is -2.18. The molecule has 2 nitrogen and oxygen atoms in total. The third-order valence-corrected chi connectivity index (χ3v) is 2.83. The standard InChI is InChI=1S/C10H12O2S/c11-9(8-4-3-7-13-8)10(12)5-1-2-6-10/h3-4,7,12H,1-2,5-6H2/i5D2,6D2. The number of ketones is 1. The van der Waals surface area contributed by atoms with Gasteiger partial charge in [0.05, 0.1) is 4.88 Å². The predicted molar refractivity (Wildman–Crippen MR) is 52.1 cm³/mol. The zero-order valence-electron chi connectivity index (χ0n) is 10.9. The normalized spacial score (nSPS) is 32.7. The molecule has 70 valence electrons. The van der Waals surface area contributed by atoms with Crippen LogP contribution in [0.3, 0.4) is 0 Å². The third kappa shape index (κ3) is 1.54. The van der Waals surface area contributed by atoms with Crippen LogP contribution in [-0.2, 0) is 0 Å². The molecule has 0 spiro atoms. The van der Waals surface area contributed by atoms with E-state index in [1.807, 2.05) is 0 Å². The lowest BCUT2D eigenvalue weighted by molar-refractivity contribution is 0.0357. The van der Waals surface area contributed by atoms with E-state index in [9.17, 15) is 9.90 Å². The molecule has 0 saturated heterocycles. The number of thiophene rings is 1. The van der Waals surface area contributed by atoms with Gasteiger partial charge in [-0.3, -0.25) is 4.79 Å². The zero-order chi connectivity index (χ0) is 12.9. The fraction of sp³-hybridized carbons (Fsp3) is 0.500. The van der Waals surface area contributed by atoms with E-state index in [0.717, 1.165) is 11.3 Å². The maximum Gasteiger partial charge on any atom is 0.204 e. The van der Waals surface area contributed by atoms with Crippen LogP contribution < -0.4 is 0 Å². The molecule has 1 N–H and O–H groups in total. The summed E-state index contributed by atoms with van der Waals surface area (Å²) in [6.45, 7) is 0. The summed E-state index contributed by atoms with van der Waals surface area (Å²) < 4.78 is 30.8. The minimum absolute atomic E-state index is 0.159. The van der Waals surface area contributed by atoms with Gasteiger partial charge in [-0.05, 0) is 37.0 Å². The Hall–Kier alpha value is -0.670. The Bertz CT molecular complexity index is 425. The van der Waals surface area contributed by atoms with Crippen LogP contribution in [0.1, 0.15) is 40.7 Å². The van der Waals surface area contributed by atoms with Crippen LogP contribution in [0.25, 0.3) is 0 Å². The molecular formula is C10H12O2S. The van der Waals surface area contributed by atoms with Crippen molar-refractivity contribution >= 4 is 17.1 Å². The van der Waals surface area contributed by atoms with Gasteiger partial charge in [0, 0.05) is 5.48 Å². The summed E-state index contributed by atoms with van der Waals surface area (Å²) in [6, 6.07) is 3.08. The van der Waals surface area contributed by atoms with Gasteiger partial charge in [-0.15, -0.1) is 11.3 Å².